The Morgan fingerprint density at radius 3 is 3.05 bits per heavy atom. The molecule has 1 fully saturated rings. The fourth-order valence-electron chi connectivity index (χ4n) is 2.94. The molecule has 0 unspecified atom stereocenters. The zero-order valence-electron chi connectivity index (χ0n) is 11.5. The Bertz CT molecular complexity index is 476. The molecule has 1 aromatic rings. The summed E-state index contributed by atoms with van der Waals surface area (Å²) in [5.41, 5.74) is 7.66. The molecular formula is C14H21N3O2. The molecule has 0 aliphatic carbocycles. The van der Waals surface area contributed by atoms with Gasteiger partial charge in [-0.1, -0.05) is 6.92 Å². The van der Waals surface area contributed by atoms with E-state index in [-0.39, 0.29) is 12.0 Å². The number of aliphatic hydroxyl groups is 1. The SMILES string of the molecule is C[C@H]1CN(c2ccnc3c2CCO3)C[C@@H](N)[C@]1(C)O. The normalized spacial score (nSPS) is 34.0. The molecule has 3 N–H and O–H groups in total. The number of nitrogens with zero attached hydrogens (tertiary/aromatic N) is 2. The summed E-state index contributed by atoms with van der Waals surface area (Å²) in [5, 5.41) is 10.4. The summed E-state index contributed by atoms with van der Waals surface area (Å²) in [6, 6.07) is 1.77. The molecule has 1 saturated heterocycles. The molecule has 5 nitrogen and oxygen atoms in total. The lowest BCUT2D eigenvalue weighted by Crippen LogP contribution is -2.62. The van der Waals surface area contributed by atoms with Gasteiger partial charge in [-0.25, -0.2) is 4.98 Å². The third-order valence-electron chi connectivity index (χ3n) is 4.58. The third-order valence-corrected chi connectivity index (χ3v) is 4.58. The Morgan fingerprint density at radius 1 is 1.53 bits per heavy atom. The van der Waals surface area contributed by atoms with Crippen molar-refractivity contribution in [2.45, 2.75) is 31.9 Å². The van der Waals surface area contributed by atoms with Crippen LogP contribution in [0, 0.1) is 5.92 Å². The van der Waals surface area contributed by atoms with E-state index in [1.54, 1.807) is 6.20 Å². The van der Waals surface area contributed by atoms with Crippen molar-refractivity contribution >= 4 is 5.69 Å². The summed E-state index contributed by atoms with van der Waals surface area (Å²) >= 11 is 0. The number of piperidine rings is 1. The second-order valence-electron chi connectivity index (χ2n) is 5.85. The second kappa shape index (κ2) is 4.35. The average molecular weight is 263 g/mol. The number of nitrogens with two attached hydrogens (primary N) is 1. The maximum Gasteiger partial charge on any atom is 0.218 e. The molecule has 0 bridgehead atoms. The molecule has 0 amide bonds. The van der Waals surface area contributed by atoms with E-state index in [2.05, 4.69) is 9.88 Å². The molecule has 0 radical (unpaired) electrons. The number of anilines is 1. The van der Waals surface area contributed by atoms with Crippen LogP contribution in [-0.4, -0.2) is 41.4 Å². The van der Waals surface area contributed by atoms with Crippen LogP contribution >= 0.6 is 0 Å². The molecule has 19 heavy (non-hydrogen) atoms. The molecule has 3 rings (SSSR count). The molecule has 3 atom stereocenters. The molecule has 5 heteroatoms. The number of hydrogen-bond donors (Lipinski definition) is 2. The van der Waals surface area contributed by atoms with Crippen molar-refractivity contribution < 1.29 is 9.84 Å². The van der Waals surface area contributed by atoms with Gasteiger partial charge in [0.15, 0.2) is 0 Å². The lowest BCUT2D eigenvalue weighted by molar-refractivity contribution is -0.0258. The smallest absolute Gasteiger partial charge is 0.218 e. The van der Waals surface area contributed by atoms with Crippen LogP contribution in [-0.2, 0) is 6.42 Å². The van der Waals surface area contributed by atoms with Gasteiger partial charge < -0.3 is 20.5 Å². The van der Waals surface area contributed by atoms with E-state index in [0.717, 1.165) is 24.5 Å². The summed E-state index contributed by atoms with van der Waals surface area (Å²) in [4.78, 5) is 6.50. The van der Waals surface area contributed by atoms with Gasteiger partial charge in [0.05, 0.1) is 18.2 Å². The maximum atomic E-state index is 10.4. The lowest BCUT2D eigenvalue weighted by atomic mass is 9.80. The first-order chi connectivity index (χ1) is 9.00. The summed E-state index contributed by atoms with van der Waals surface area (Å²) in [6.45, 7) is 6.04. The molecule has 3 heterocycles. The average Bonchev–Trinajstić information content (AvgIpc) is 2.84. The van der Waals surface area contributed by atoms with E-state index in [4.69, 9.17) is 10.5 Å². The van der Waals surface area contributed by atoms with Gasteiger partial charge in [-0.05, 0) is 13.0 Å². The van der Waals surface area contributed by atoms with Crippen molar-refractivity contribution in [1.82, 2.24) is 4.98 Å². The Balaban J connectivity index is 1.90. The van der Waals surface area contributed by atoms with Gasteiger partial charge in [0.2, 0.25) is 5.88 Å². The predicted octanol–water partition coefficient (Wildman–Crippen LogP) is 0.551. The van der Waals surface area contributed by atoms with Gasteiger partial charge in [0.1, 0.15) is 0 Å². The van der Waals surface area contributed by atoms with Gasteiger partial charge in [0, 0.05) is 42.9 Å². The van der Waals surface area contributed by atoms with Crippen molar-refractivity contribution in [3.05, 3.63) is 17.8 Å². The largest absolute Gasteiger partial charge is 0.477 e. The van der Waals surface area contributed by atoms with Crippen LogP contribution < -0.4 is 15.4 Å². The van der Waals surface area contributed by atoms with Crippen molar-refractivity contribution in [1.29, 1.82) is 0 Å². The number of hydrogen-bond acceptors (Lipinski definition) is 5. The summed E-state index contributed by atoms with van der Waals surface area (Å²) in [5.74, 6) is 0.874. The molecule has 0 spiro atoms. The maximum absolute atomic E-state index is 10.4. The van der Waals surface area contributed by atoms with E-state index in [0.29, 0.717) is 13.2 Å². The number of aromatic nitrogens is 1. The van der Waals surface area contributed by atoms with Gasteiger partial charge in [-0.15, -0.1) is 0 Å². The first kappa shape index (κ1) is 12.7. The zero-order valence-corrected chi connectivity index (χ0v) is 11.5. The van der Waals surface area contributed by atoms with Crippen molar-refractivity contribution in [3.8, 4) is 5.88 Å². The number of rotatable bonds is 1. The molecule has 0 aromatic carbocycles. The highest BCUT2D eigenvalue weighted by molar-refractivity contribution is 5.58. The van der Waals surface area contributed by atoms with Crippen LogP contribution in [0.15, 0.2) is 12.3 Å². The monoisotopic (exact) mass is 263 g/mol. The van der Waals surface area contributed by atoms with E-state index in [1.165, 1.54) is 5.56 Å². The summed E-state index contributed by atoms with van der Waals surface area (Å²) in [7, 11) is 0. The Hall–Kier alpha value is -1.33. The lowest BCUT2D eigenvalue weighted by Gasteiger charge is -2.46. The molecule has 2 aliphatic heterocycles. The minimum atomic E-state index is -0.802. The van der Waals surface area contributed by atoms with Crippen LogP contribution in [0.2, 0.25) is 0 Å². The molecule has 1 aromatic heterocycles. The fourth-order valence-corrected chi connectivity index (χ4v) is 2.94. The topological polar surface area (TPSA) is 71.6 Å². The van der Waals surface area contributed by atoms with E-state index >= 15 is 0 Å². The van der Waals surface area contributed by atoms with Gasteiger partial charge >= 0.3 is 0 Å². The number of ether oxygens (including phenoxy) is 1. The van der Waals surface area contributed by atoms with Crippen LogP contribution in [0.3, 0.4) is 0 Å². The van der Waals surface area contributed by atoms with Crippen LogP contribution in [0.1, 0.15) is 19.4 Å². The molecule has 104 valence electrons. The van der Waals surface area contributed by atoms with Crippen LogP contribution in [0.25, 0.3) is 0 Å². The summed E-state index contributed by atoms with van der Waals surface area (Å²) < 4.78 is 5.51. The molecule has 2 aliphatic rings. The highest BCUT2D eigenvalue weighted by Crippen LogP contribution is 2.35. The van der Waals surface area contributed by atoms with Crippen molar-refractivity contribution in [3.63, 3.8) is 0 Å². The first-order valence-electron chi connectivity index (χ1n) is 6.83. The van der Waals surface area contributed by atoms with Gasteiger partial charge in [-0.3, -0.25) is 0 Å². The number of fused-ring (bicyclic) bond motifs is 1. The zero-order chi connectivity index (χ0) is 13.6. The standard InChI is InChI=1S/C14H21N3O2/c1-9-7-17(8-12(15)14(9,2)18)11-3-5-16-13-10(11)4-6-19-13/h3,5,9,12,18H,4,6-8,15H2,1-2H3/t9-,12+,14+/m0/s1. The summed E-state index contributed by atoms with van der Waals surface area (Å²) in [6.07, 6.45) is 2.68. The Morgan fingerprint density at radius 2 is 2.32 bits per heavy atom. The Labute approximate surface area is 113 Å². The van der Waals surface area contributed by atoms with E-state index < -0.39 is 5.60 Å². The van der Waals surface area contributed by atoms with Crippen molar-refractivity contribution in [2.24, 2.45) is 11.7 Å². The fraction of sp³-hybridized carbons (Fsp3) is 0.643. The van der Waals surface area contributed by atoms with Gasteiger partial charge in [0.25, 0.3) is 0 Å². The highest BCUT2D eigenvalue weighted by Gasteiger charge is 2.41. The van der Waals surface area contributed by atoms with Gasteiger partial charge in [-0.2, -0.15) is 0 Å². The molecule has 0 saturated carbocycles. The molecular weight excluding hydrogens is 242 g/mol. The first-order valence-corrected chi connectivity index (χ1v) is 6.83. The van der Waals surface area contributed by atoms with E-state index in [9.17, 15) is 5.11 Å². The Kier molecular flexibility index (Phi) is 2.91. The van der Waals surface area contributed by atoms with Crippen LogP contribution in [0.5, 0.6) is 5.88 Å². The quantitative estimate of drug-likeness (QED) is 0.774. The third kappa shape index (κ3) is 1.97. The highest BCUT2D eigenvalue weighted by atomic mass is 16.5. The predicted molar refractivity (Wildman–Crippen MR) is 73.4 cm³/mol. The second-order valence-corrected chi connectivity index (χ2v) is 5.85. The minimum Gasteiger partial charge on any atom is -0.477 e. The van der Waals surface area contributed by atoms with Crippen LogP contribution in [0.4, 0.5) is 5.69 Å². The van der Waals surface area contributed by atoms with Crippen molar-refractivity contribution in [2.75, 3.05) is 24.6 Å². The number of pyridine rings is 1. The minimum absolute atomic E-state index is 0.127. The van der Waals surface area contributed by atoms with E-state index in [1.807, 2.05) is 19.9 Å².